The third kappa shape index (κ3) is 3.82. The summed E-state index contributed by atoms with van der Waals surface area (Å²) >= 11 is 0. The highest BCUT2D eigenvalue weighted by atomic mass is 15.2. The molecule has 2 nitrogen and oxygen atoms in total. The van der Waals surface area contributed by atoms with Crippen LogP contribution in [0.1, 0.15) is 54.4 Å². The highest BCUT2D eigenvalue weighted by molar-refractivity contribution is 4.96. The first-order chi connectivity index (χ1) is 8.60. The monoisotopic (exact) mass is 266 g/mol. The number of nitrogens with zero attached hydrogens (tertiary/aromatic N) is 1. The van der Waals surface area contributed by atoms with E-state index in [9.17, 15) is 0 Å². The van der Waals surface area contributed by atoms with E-state index in [4.69, 9.17) is 5.73 Å². The quantitative estimate of drug-likeness (QED) is 0.787. The minimum absolute atomic E-state index is 0.201. The van der Waals surface area contributed by atoms with E-state index in [-0.39, 0.29) is 5.54 Å². The second-order valence-corrected chi connectivity index (χ2v) is 7.91. The molecule has 0 spiro atoms. The summed E-state index contributed by atoms with van der Waals surface area (Å²) in [6.07, 6.45) is 4.44. The fraction of sp³-hybridized carbons (Fsp3) is 0.882. The summed E-state index contributed by atoms with van der Waals surface area (Å²) < 4.78 is 0. The van der Waals surface area contributed by atoms with Crippen LogP contribution in [-0.2, 0) is 0 Å². The van der Waals surface area contributed by atoms with Crippen molar-refractivity contribution in [3.05, 3.63) is 12.7 Å². The molecule has 0 aromatic heterocycles. The van der Waals surface area contributed by atoms with Gasteiger partial charge in [-0.1, -0.05) is 26.8 Å². The molecule has 1 fully saturated rings. The van der Waals surface area contributed by atoms with Gasteiger partial charge in [0.15, 0.2) is 0 Å². The minimum atomic E-state index is 0.201. The molecule has 0 heterocycles. The molecule has 1 aliphatic carbocycles. The first-order valence-electron chi connectivity index (χ1n) is 7.72. The number of nitrogens with two attached hydrogens (primary N) is 1. The van der Waals surface area contributed by atoms with E-state index >= 15 is 0 Å². The molecule has 1 rings (SSSR count). The third-order valence-corrected chi connectivity index (χ3v) is 5.46. The van der Waals surface area contributed by atoms with Gasteiger partial charge in [0, 0.05) is 24.7 Å². The Balaban J connectivity index is 2.81. The summed E-state index contributed by atoms with van der Waals surface area (Å²) in [6, 6.07) is 0.369. The zero-order valence-corrected chi connectivity index (χ0v) is 13.9. The Morgan fingerprint density at radius 1 is 1.32 bits per heavy atom. The summed E-state index contributed by atoms with van der Waals surface area (Å²) in [4.78, 5) is 2.55. The van der Waals surface area contributed by atoms with Gasteiger partial charge >= 0.3 is 0 Å². The van der Waals surface area contributed by atoms with E-state index in [0.717, 1.165) is 19.0 Å². The van der Waals surface area contributed by atoms with Gasteiger partial charge in [-0.25, -0.2) is 0 Å². The first-order valence-corrected chi connectivity index (χ1v) is 7.72. The molecular formula is C17H34N2. The zero-order valence-electron chi connectivity index (χ0n) is 13.9. The SMILES string of the molecule is C=CCN(CC1CCC(N)C(C)C1(C)C)C(C)(C)C. The fourth-order valence-electron chi connectivity index (χ4n) is 3.31. The average molecular weight is 266 g/mol. The summed E-state index contributed by atoms with van der Waals surface area (Å²) in [7, 11) is 0. The predicted molar refractivity (Wildman–Crippen MR) is 85.2 cm³/mol. The van der Waals surface area contributed by atoms with Gasteiger partial charge in [0.1, 0.15) is 0 Å². The molecule has 0 amide bonds. The van der Waals surface area contributed by atoms with E-state index < -0.39 is 0 Å². The van der Waals surface area contributed by atoms with Crippen LogP contribution in [0.4, 0.5) is 0 Å². The molecule has 0 aliphatic heterocycles. The van der Waals surface area contributed by atoms with Gasteiger partial charge in [-0.3, -0.25) is 4.90 Å². The lowest BCUT2D eigenvalue weighted by molar-refractivity contribution is 0.0102. The molecule has 0 aromatic rings. The molecule has 112 valence electrons. The van der Waals surface area contributed by atoms with Crippen molar-refractivity contribution in [1.29, 1.82) is 0 Å². The van der Waals surface area contributed by atoms with Crippen LogP contribution < -0.4 is 5.73 Å². The van der Waals surface area contributed by atoms with Crippen LogP contribution in [0.15, 0.2) is 12.7 Å². The molecule has 0 saturated heterocycles. The van der Waals surface area contributed by atoms with Crippen LogP contribution in [0.5, 0.6) is 0 Å². The van der Waals surface area contributed by atoms with Gasteiger partial charge in [-0.05, 0) is 50.9 Å². The first kappa shape index (κ1) is 16.7. The molecule has 2 N–H and O–H groups in total. The van der Waals surface area contributed by atoms with Crippen molar-refractivity contribution >= 4 is 0 Å². The van der Waals surface area contributed by atoms with Crippen molar-refractivity contribution in [2.45, 2.75) is 66.0 Å². The van der Waals surface area contributed by atoms with Crippen molar-refractivity contribution in [2.24, 2.45) is 23.0 Å². The molecule has 0 aromatic carbocycles. The van der Waals surface area contributed by atoms with Crippen molar-refractivity contribution in [2.75, 3.05) is 13.1 Å². The van der Waals surface area contributed by atoms with E-state index in [1.807, 2.05) is 6.08 Å². The molecule has 0 radical (unpaired) electrons. The molecule has 1 saturated carbocycles. The van der Waals surface area contributed by atoms with Gasteiger partial charge in [-0.2, -0.15) is 0 Å². The molecular weight excluding hydrogens is 232 g/mol. The Morgan fingerprint density at radius 3 is 2.37 bits per heavy atom. The largest absolute Gasteiger partial charge is 0.327 e. The molecule has 19 heavy (non-hydrogen) atoms. The van der Waals surface area contributed by atoms with Gasteiger partial charge in [-0.15, -0.1) is 6.58 Å². The van der Waals surface area contributed by atoms with Crippen LogP contribution in [0.3, 0.4) is 0 Å². The minimum Gasteiger partial charge on any atom is -0.327 e. The number of hydrogen-bond acceptors (Lipinski definition) is 2. The third-order valence-electron chi connectivity index (χ3n) is 5.46. The second kappa shape index (κ2) is 5.97. The Morgan fingerprint density at radius 2 is 1.89 bits per heavy atom. The lowest BCUT2D eigenvalue weighted by Gasteiger charge is -2.50. The smallest absolute Gasteiger partial charge is 0.0165 e. The van der Waals surface area contributed by atoms with Crippen LogP contribution in [0, 0.1) is 17.3 Å². The van der Waals surface area contributed by atoms with Gasteiger partial charge in [0.2, 0.25) is 0 Å². The second-order valence-electron chi connectivity index (χ2n) is 7.91. The van der Waals surface area contributed by atoms with E-state index in [1.54, 1.807) is 0 Å². The lowest BCUT2D eigenvalue weighted by Crippen LogP contribution is -2.52. The maximum atomic E-state index is 6.26. The van der Waals surface area contributed by atoms with Crippen molar-refractivity contribution in [3.63, 3.8) is 0 Å². The Bertz CT molecular complexity index is 301. The van der Waals surface area contributed by atoms with Crippen molar-refractivity contribution < 1.29 is 0 Å². The molecule has 3 unspecified atom stereocenters. The summed E-state index contributed by atoms with van der Waals surface area (Å²) in [6.45, 7) is 20.0. The molecule has 3 atom stereocenters. The fourth-order valence-corrected chi connectivity index (χ4v) is 3.31. The van der Waals surface area contributed by atoms with Crippen molar-refractivity contribution in [3.8, 4) is 0 Å². The summed E-state index contributed by atoms with van der Waals surface area (Å²) in [5, 5.41) is 0. The Kier molecular flexibility index (Phi) is 5.25. The highest BCUT2D eigenvalue weighted by Crippen LogP contribution is 2.45. The van der Waals surface area contributed by atoms with Crippen LogP contribution in [0.2, 0.25) is 0 Å². The topological polar surface area (TPSA) is 29.3 Å². The number of rotatable bonds is 4. The van der Waals surface area contributed by atoms with E-state index in [1.165, 1.54) is 12.8 Å². The number of hydrogen-bond donors (Lipinski definition) is 1. The molecule has 1 aliphatic rings. The van der Waals surface area contributed by atoms with Crippen LogP contribution in [-0.4, -0.2) is 29.6 Å². The lowest BCUT2D eigenvalue weighted by atomic mass is 9.61. The maximum absolute atomic E-state index is 6.26. The van der Waals surface area contributed by atoms with Gasteiger partial charge in [0.05, 0.1) is 0 Å². The normalized spacial score (nSPS) is 31.5. The van der Waals surface area contributed by atoms with Crippen molar-refractivity contribution in [1.82, 2.24) is 4.90 Å². The zero-order chi connectivity index (χ0) is 14.8. The molecule has 0 bridgehead atoms. The van der Waals surface area contributed by atoms with E-state index in [0.29, 0.717) is 17.4 Å². The summed E-state index contributed by atoms with van der Waals surface area (Å²) in [5.74, 6) is 1.32. The van der Waals surface area contributed by atoms with E-state index in [2.05, 4.69) is 53.0 Å². The average Bonchev–Trinajstić information content (AvgIpc) is 2.28. The van der Waals surface area contributed by atoms with Crippen LogP contribution >= 0.6 is 0 Å². The standard InChI is InChI=1S/C17H34N2/c1-8-11-19(16(3,4)5)12-14-9-10-15(18)13(2)17(14,6)7/h8,13-15H,1,9-12,18H2,2-7H3. The predicted octanol–water partition coefficient (Wildman–Crippen LogP) is 3.67. The maximum Gasteiger partial charge on any atom is 0.0165 e. The Hall–Kier alpha value is -0.340. The van der Waals surface area contributed by atoms with Gasteiger partial charge in [0.25, 0.3) is 0 Å². The highest BCUT2D eigenvalue weighted by Gasteiger charge is 2.42. The Labute approximate surface area is 120 Å². The van der Waals surface area contributed by atoms with Gasteiger partial charge < -0.3 is 5.73 Å². The summed E-state index contributed by atoms with van der Waals surface area (Å²) in [5.41, 5.74) is 6.78. The van der Waals surface area contributed by atoms with Crippen LogP contribution in [0.25, 0.3) is 0 Å². The molecule has 2 heteroatoms.